The standard InChI is InChI=1S/C26H24N2O2/c1-4-30-21-11-9-19(10-12-21)25-16-23(22-7-5-6-8-24(22)28-25)26(29)27-20-14-17(2)13-18(3)15-20/h5-16H,4H2,1-3H3,(H,27,29). The maximum Gasteiger partial charge on any atom is 0.256 e. The van der Waals surface area contributed by atoms with E-state index in [9.17, 15) is 4.79 Å². The monoisotopic (exact) mass is 396 g/mol. The zero-order valence-electron chi connectivity index (χ0n) is 17.4. The van der Waals surface area contributed by atoms with Crippen molar-refractivity contribution in [3.8, 4) is 17.0 Å². The Morgan fingerprint density at radius 1 is 0.933 bits per heavy atom. The van der Waals surface area contributed by atoms with Gasteiger partial charge in [0.1, 0.15) is 5.75 Å². The minimum atomic E-state index is -0.147. The van der Waals surface area contributed by atoms with Gasteiger partial charge in [-0.1, -0.05) is 24.3 Å². The minimum absolute atomic E-state index is 0.147. The van der Waals surface area contributed by atoms with Crippen molar-refractivity contribution in [1.29, 1.82) is 0 Å². The molecule has 0 aliphatic rings. The second kappa shape index (κ2) is 8.37. The number of pyridine rings is 1. The average Bonchev–Trinajstić information content (AvgIpc) is 2.73. The first-order chi connectivity index (χ1) is 14.5. The molecule has 4 nitrogen and oxygen atoms in total. The van der Waals surface area contributed by atoms with E-state index < -0.39 is 0 Å². The molecule has 0 fully saturated rings. The van der Waals surface area contributed by atoms with Crippen molar-refractivity contribution in [2.75, 3.05) is 11.9 Å². The van der Waals surface area contributed by atoms with E-state index in [0.717, 1.165) is 44.7 Å². The van der Waals surface area contributed by atoms with Gasteiger partial charge in [0.2, 0.25) is 0 Å². The smallest absolute Gasteiger partial charge is 0.256 e. The van der Waals surface area contributed by atoms with Gasteiger partial charge in [-0.15, -0.1) is 0 Å². The van der Waals surface area contributed by atoms with E-state index in [-0.39, 0.29) is 5.91 Å². The van der Waals surface area contributed by atoms with Crippen molar-refractivity contribution >= 4 is 22.5 Å². The quantitative estimate of drug-likeness (QED) is 0.439. The van der Waals surface area contributed by atoms with Gasteiger partial charge in [0.05, 0.1) is 23.4 Å². The number of nitrogens with zero attached hydrogens (tertiary/aromatic N) is 1. The number of rotatable bonds is 5. The first-order valence-corrected chi connectivity index (χ1v) is 10.1. The summed E-state index contributed by atoms with van der Waals surface area (Å²) in [5.41, 5.74) is 6.09. The summed E-state index contributed by atoms with van der Waals surface area (Å²) in [6, 6.07) is 23.4. The normalized spacial score (nSPS) is 10.8. The fourth-order valence-corrected chi connectivity index (χ4v) is 3.65. The highest BCUT2D eigenvalue weighted by atomic mass is 16.5. The van der Waals surface area contributed by atoms with E-state index in [1.54, 1.807) is 0 Å². The Kier molecular flexibility index (Phi) is 5.48. The maximum atomic E-state index is 13.2. The van der Waals surface area contributed by atoms with Crippen LogP contribution < -0.4 is 10.1 Å². The number of hydrogen-bond donors (Lipinski definition) is 1. The van der Waals surface area contributed by atoms with Gasteiger partial charge in [0, 0.05) is 16.6 Å². The molecule has 4 heteroatoms. The number of ether oxygens (including phenoxy) is 1. The summed E-state index contributed by atoms with van der Waals surface area (Å²) in [6.45, 7) is 6.62. The van der Waals surface area contributed by atoms with Crippen molar-refractivity contribution in [2.45, 2.75) is 20.8 Å². The van der Waals surface area contributed by atoms with Crippen molar-refractivity contribution in [3.63, 3.8) is 0 Å². The second-order valence-corrected chi connectivity index (χ2v) is 7.36. The number of carbonyl (C=O) groups excluding carboxylic acids is 1. The van der Waals surface area contributed by atoms with Crippen molar-refractivity contribution < 1.29 is 9.53 Å². The summed E-state index contributed by atoms with van der Waals surface area (Å²) in [4.78, 5) is 18.0. The summed E-state index contributed by atoms with van der Waals surface area (Å²) < 4.78 is 5.53. The Morgan fingerprint density at radius 2 is 1.63 bits per heavy atom. The van der Waals surface area contributed by atoms with E-state index in [0.29, 0.717) is 12.2 Å². The van der Waals surface area contributed by atoms with Crippen LogP contribution in [0.3, 0.4) is 0 Å². The van der Waals surface area contributed by atoms with Gasteiger partial charge >= 0.3 is 0 Å². The molecule has 0 aliphatic carbocycles. The van der Waals surface area contributed by atoms with Crippen LogP contribution in [0.5, 0.6) is 5.75 Å². The SMILES string of the molecule is CCOc1ccc(-c2cc(C(=O)Nc3cc(C)cc(C)c3)c3ccccc3n2)cc1. The molecule has 1 aromatic heterocycles. The lowest BCUT2D eigenvalue weighted by Gasteiger charge is -2.12. The molecule has 1 amide bonds. The Balaban J connectivity index is 1.75. The molecule has 0 aliphatic heterocycles. The lowest BCUT2D eigenvalue weighted by atomic mass is 10.0. The molecule has 0 saturated heterocycles. The topological polar surface area (TPSA) is 51.2 Å². The van der Waals surface area contributed by atoms with E-state index in [2.05, 4.69) is 11.4 Å². The van der Waals surface area contributed by atoms with Crippen LogP contribution in [-0.2, 0) is 0 Å². The molecule has 150 valence electrons. The van der Waals surface area contributed by atoms with Crippen molar-refractivity contribution in [3.05, 3.63) is 89.5 Å². The number of fused-ring (bicyclic) bond motifs is 1. The van der Waals surface area contributed by atoms with Crippen LogP contribution in [0.1, 0.15) is 28.4 Å². The fourth-order valence-electron chi connectivity index (χ4n) is 3.65. The molecule has 4 aromatic rings. The predicted octanol–water partition coefficient (Wildman–Crippen LogP) is 6.17. The van der Waals surface area contributed by atoms with Crippen LogP contribution in [0.4, 0.5) is 5.69 Å². The van der Waals surface area contributed by atoms with Gasteiger partial charge in [0.15, 0.2) is 0 Å². The molecule has 0 saturated carbocycles. The van der Waals surface area contributed by atoms with E-state index >= 15 is 0 Å². The highest BCUT2D eigenvalue weighted by Gasteiger charge is 2.14. The summed E-state index contributed by atoms with van der Waals surface area (Å²) in [5, 5.41) is 3.88. The molecule has 1 N–H and O–H groups in total. The van der Waals surface area contributed by atoms with Gasteiger partial charge in [-0.05, 0) is 80.4 Å². The summed E-state index contributed by atoms with van der Waals surface area (Å²) in [7, 11) is 0. The lowest BCUT2D eigenvalue weighted by molar-refractivity contribution is 0.102. The predicted molar refractivity (Wildman–Crippen MR) is 122 cm³/mol. The van der Waals surface area contributed by atoms with Gasteiger partial charge in [-0.2, -0.15) is 0 Å². The van der Waals surface area contributed by atoms with Gasteiger partial charge in [-0.25, -0.2) is 4.98 Å². The van der Waals surface area contributed by atoms with Gasteiger partial charge in [-0.3, -0.25) is 4.79 Å². The number of aromatic nitrogens is 1. The van der Waals surface area contributed by atoms with E-state index in [1.165, 1.54) is 0 Å². The van der Waals surface area contributed by atoms with Crippen LogP contribution in [0.2, 0.25) is 0 Å². The number of nitrogens with one attached hydrogen (secondary N) is 1. The fraction of sp³-hybridized carbons (Fsp3) is 0.154. The maximum absolute atomic E-state index is 13.2. The molecular formula is C26H24N2O2. The molecule has 4 rings (SSSR count). The van der Waals surface area contributed by atoms with E-state index in [1.807, 2.05) is 87.5 Å². The Morgan fingerprint density at radius 3 is 2.33 bits per heavy atom. The largest absolute Gasteiger partial charge is 0.494 e. The number of para-hydroxylation sites is 1. The highest BCUT2D eigenvalue weighted by Crippen LogP contribution is 2.27. The molecule has 0 bridgehead atoms. The Hall–Kier alpha value is -3.66. The minimum Gasteiger partial charge on any atom is -0.494 e. The lowest BCUT2D eigenvalue weighted by Crippen LogP contribution is -2.13. The molecule has 0 radical (unpaired) electrons. The molecule has 1 heterocycles. The van der Waals surface area contributed by atoms with Crippen LogP contribution in [0.15, 0.2) is 72.8 Å². The van der Waals surface area contributed by atoms with Crippen molar-refractivity contribution in [2.24, 2.45) is 0 Å². The third kappa shape index (κ3) is 4.18. The molecule has 0 spiro atoms. The average molecular weight is 396 g/mol. The molecule has 3 aromatic carbocycles. The van der Waals surface area contributed by atoms with Gasteiger partial charge < -0.3 is 10.1 Å². The first-order valence-electron chi connectivity index (χ1n) is 10.1. The molecule has 30 heavy (non-hydrogen) atoms. The van der Waals surface area contributed by atoms with Gasteiger partial charge in [0.25, 0.3) is 5.91 Å². The highest BCUT2D eigenvalue weighted by molar-refractivity contribution is 6.13. The number of anilines is 1. The number of aryl methyl sites for hydroxylation is 2. The van der Waals surface area contributed by atoms with E-state index in [4.69, 9.17) is 9.72 Å². The molecular weight excluding hydrogens is 372 g/mol. The first kappa shape index (κ1) is 19.6. The number of benzene rings is 3. The third-order valence-corrected chi connectivity index (χ3v) is 4.90. The number of carbonyl (C=O) groups is 1. The van der Waals surface area contributed by atoms with Crippen LogP contribution in [0, 0.1) is 13.8 Å². The van der Waals surface area contributed by atoms with Crippen LogP contribution in [-0.4, -0.2) is 17.5 Å². The zero-order chi connectivity index (χ0) is 21.1. The Bertz CT molecular complexity index is 1190. The second-order valence-electron chi connectivity index (χ2n) is 7.36. The molecule has 0 atom stereocenters. The van der Waals surface area contributed by atoms with Crippen LogP contribution >= 0.6 is 0 Å². The number of amides is 1. The molecule has 0 unspecified atom stereocenters. The summed E-state index contributed by atoms with van der Waals surface area (Å²) in [5.74, 6) is 0.667. The number of hydrogen-bond acceptors (Lipinski definition) is 3. The van der Waals surface area contributed by atoms with Crippen molar-refractivity contribution in [1.82, 2.24) is 4.98 Å². The Labute approximate surface area is 176 Å². The summed E-state index contributed by atoms with van der Waals surface area (Å²) >= 11 is 0. The third-order valence-electron chi connectivity index (χ3n) is 4.90. The van der Waals surface area contributed by atoms with Crippen LogP contribution in [0.25, 0.3) is 22.2 Å². The zero-order valence-corrected chi connectivity index (χ0v) is 17.4. The summed E-state index contributed by atoms with van der Waals surface area (Å²) in [6.07, 6.45) is 0.